The first-order valence-corrected chi connectivity index (χ1v) is 13.0. The van der Waals surface area contributed by atoms with Gasteiger partial charge in [-0.1, -0.05) is 29.8 Å². The fraction of sp³-hybridized carbons (Fsp3) is 0.261. The van der Waals surface area contributed by atoms with Crippen LogP contribution in [0.1, 0.15) is 28.8 Å². The van der Waals surface area contributed by atoms with Gasteiger partial charge < -0.3 is 9.64 Å². The van der Waals surface area contributed by atoms with Crippen LogP contribution in [-0.2, 0) is 16.6 Å². The van der Waals surface area contributed by atoms with Gasteiger partial charge in [0.25, 0.3) is 5.91 Å². The molecule has 0 atom stereocenters. The molecule has 2 heterocycles. The Labute approximate surface area is 196 Å². The summed E-state index contributed by atoms with van der Waals surface area (Å²) in [6, 6.07) is 17.7. The molecule has 1 saturated heterocycles. The molecular weight excluding hydrogens is 468 g/mol. The lowest BCUT2D eigenvalue weighted by Gasteiger charge is -2.32. The Bertz CT molecular complexity index is 1140. The van der Waals surface area contributed by atoms with Gasteiger partial charge in [-0.05, 0) is 66.2 Å². The Morgan fingerprint density at radius 2 is 1.75 bits per heavy atom. The molecule has 1 aliphatic heterocycles. The van der Waals surface area contributed by atoms with Crippen LogP contribution in [0.5, 0.6) is 5.75 Å². The molecule has 168 valence electrons. The maximum Gasteiger partial charge on any atom is 0.253 e. The predicted octanol–water partition coefficient (Wildman–Crippen LogP) is 4.56. The maximum atomic E-state index is 12.8. The lowest BCUT2D eigenvalue weighted by atomic mass is 10.0. The molecule has 0 radical (unpaired) electrons. The molecule has 1 aromatic heterocycles. The quantitative estimate of drug-likeness (QED) is 0.526. The summed E-state index contributed by atoms with van der Waals surface area (Å²) in [5.74, 6) is 0.682. The molecule has 3 aromatic rings. The summed E-state index contributed by atoms with van der Waals surface area (Å²) in [6.45, 7) is 1.42. The summed E-state index contributed by atoms with van der Waals surface area (Å²) in [5, 5.41) is 2.40. The molecule has 0 bridgehead atoms. The number of carbonyl (C=O) groups excluding carboxylic acids is 1. The van der Waals surface area contributed by atoms with Crippen LogP contribution in [0.15, 0.2) is 70.3 Å². The Kier molecular flexibility index (Phi) is 7.15. The van der Waals surface area contributed by atoms with E-state index in [4.69, 9.17) is 16.3 Å². The Morgan fingerprint density at radius 1 is 1.06 bits per heavy atom. The number of hydrogen-bond donors (Lipinski definition) is 1. The van der Waals surface area contributed by atoms with Gasteiger partial charge in [0.15, 0.2) is 0 Å². The van der Waals surface area contributed by atoms with E-state index in [-0.39, 0.29) is 11.9 Å². The number of likely N-dealkylation sites (tertiary alicyclic amines) is 1. The molecule has 9 heteroatoms. The van der Waals surface area contributed by atoms with Crippen LogP contribution in [0, 0.1) is 0 Å². The van der Waals surface area contributed by atoms with Crippen LogP contribution in [0.2, 0.25) is 5.02 Å². The van der Waals surface area contributed by atoms with Crippen molar-refractivity contribution in [3.63, 3.8) is 0 Å². The molecule has 6 nitrogen and oxygen atoms in total. The summed E-state index contributed by atoms with van der Waals surface area (Å²) >= 11 is 7.07. The normalized spacial score (nSPS) is 15.0. The minimum absolute atomic E-state index is 0.0465. The fourth-order valence-electron chi connectivity index (χ4n) is 3.52. The van der Waals surface area contributed by atoms with E-state index in [1.165, 1.54) is 11.3 Å². The second-order valence-electron chi connectivity index (χ2n) is 7.56. The van der Waals surface area contributed by atoms with E-state index in [0.717, 1.165) is 11.3 Å². The van der Waals surface area contributed by atoms with E-state index in [1.54, 1.807) is 46.7 Å². The third-order valence-electron chi connectivity index (χ3n) is 5.28. The van der Waals surface area contributed by atoms with E-state index in [0.29, 0.717) is 47.3 Å². The van der Waals surface area contributed by atoms with Crippen molar-refractivity contribution in [3.05, 3.63) is 82.2 Å². The molecule has 1 fully saturated rings. The largest absolute Gasteiger partial charge is 0.489 e. The third kappa shape index (κ3) is 5.69. The van der Waals surface area contributed by atoms with Crippen molar-refractivity contribution in [2.24, 2.45) is 0 Å². The molecule has 4 rings (SSSR count). The number of benzene rings is 2. The number of ether oxygens (including phenoxy) is 1. The highest BCUT2D eigenvalue weighted by Crippen LogP contribution is 2.21. The summed E-state index contributed by atoms with van der Waals surface area (Å²) in [5.41, 5.74) is 1.57. The van der Waals surface area contributed by atoms with Crippen molar-refractivity contribution < 1.29 is 17.9 Å². The minimum Gasteiger partial charge on any atom is -0.489 e. The molecule has 0 unspecified atom stereocenters. The van der Waals surface area contributed by atoms with E-state index in [9.17, 15) is 13.2 Å². The minimum atomic E-state index is -3.49. The van der Waals surface area contributed by atoms with Crippen molar-refractivity contribution >= 4 is 38.9 Å². The molecular formula is C23H23ClN2O4S2. The fourth-order valence-corrected chi connectivity index (χ4v) is 5.96. The second-order valence-corrected chi connectivity index (χ2v) is 10.9. The molecule has 2 aromatic carbocycles. The smallest absolute Gasteiger partial charge is 0.253 e. The van der Waals surface area contributed by atoms with Crippen LogP contribution in [-0.4, -0.2) is 38.4 Å². The van der Waals surface area contributed by atoms with Crippen LogP contribution >= 0.6 is 22.9 Å². The van der Waals surface area contributed by atoms with Crippen molar-refractivity contribution in [2.75, 3.05) is 13.1 Å². The number of piperidine rings is 1. The standard InChI is InChI=1S/C23H23ClN2O4S2/c24-19-7-9-21(10-8-19)30-16-17-3-5-18(6-4-17)23(27)26-13-11-20(12-14-26)25-32(28,29)22-2-1-15-31-22/h1-10,15,20,25H,11-14,16H2. The number of carbonyl (C=O) groups is 1. The van der Waals surface area contributed by atoms with Gasteiger partial charge in [-0.25, -0.2) is 13.1 Å². The first-order valence-electron chi connectivity index (χ1n) is 10.2. The molecule has 0 saturated carbocycles. The first-order chi connectivity index (χ1) is 15.4. The lowest BCUT2D eigenvalue weighted by molar-refractivity contribution is 0.0711. The van der Waals surface area contributed by atoms with Gasteiger partial charge in [0, 0.05) is 29.7 Å². The average molecular weight is 491 g/mol. The predicted molar refractivity (Wildman–Crippen MR) is 126 cm³/mol. The van der Waals surface area contributed by atoms with Crippen LogP contribution in [0.3, 0.4) is 0 Å². The van der Waals surface area contributed by atoms with E-state index < -0.39 is 10.0 Å². The van der Waals surface area contributed by atoms with Crippen molar-refractivity contribution in [1.82, 2.24) is 9.62 Å². The zero-order valence-corrected chi connectivity index (χ0v) is 19.6. The number of sulfonamides is 1. The van der Waals surface area contributed by atoms with E-state index in [2.05, 4.69) is 4.72 Å². The lowest BCUT2D eigenvalue weighted by Crippen LogP contribution is -2.46. The number of amides is 1. The van der Waals surface area contributed by atoms with Gasteiger partial charge in [-0.15, -0.1) is 11.3 Å². The number of halogens is 1. The topological polar surface area (TPSA) is 75.7 Å². The number of nitrogens with zero attached hydrogens (tertiary/aromatic N) is 1. The molecule has 1 N–H and O–H groups in total. The summed E-state index contributed by atoms with van der Waals surface area (Å²) in [4.78, 5) is 14.6. The van der Waals surface area contributed by atoms with Gasteiger partial charge >= 0.3 is 0 Å². The molecule has 1 aliphatic rings. The Morgan fingerprint density at radius 3 is 2.38 bits per heavy atom. The van der Waals surface area contributed by atoms with Gasteiger partial charge in [0.2, 0.25) is 10.0 Å². The van der Waals surface area contributed by atoms with Crippen molar-refractivity contribution in [1.29, 1.82) is 0 Å². The van der Waals surface area contributed by atoms with Crippen LogP contribution in [0.4, 0.5) is 0 Å². The van der Waals surface area contributed by atoms with Gasteiger partial charge in [0.1, 0.15) is 16.6 Å². The molecule has 0 spiro atoms. The van der Waals surface area contributed by atoms with Crippen LogP contribution in [0.25, 0.3) is 0 Å². The summed E-state index contributed by atoms with van der Waals surface area (Å²) in [7, 11) is -3.49. The zero-order valence-electron chi connectivity index (χ0n) is 17.2. The number of rotatable bonds is 7. The molecule has 1 amide bonds. The highest BCUT2D eigenvalue weighted by molar-refractivity contribution is 7.91. The van der Waals surface area contributed by atoms with Gasteiger partial charge in [-0.3, -0.25) is 4.79 Å². The third-order valence-corrected chi connectivity index (χ3v) is 8.45. The molecule has 0 aliphatic carbocycles. The van der Waals surface area contributed by atoms with Gasteiger partial charge in [0.05, 0.1) is 0 Å². The van der Waals surface area contributed by atoms with Crippen molar-refractivity contribution in [3.8, 4) is 5.75 Å². The first kappa shape index (κ1) is 22.8. The average Bonchev–Trinajstić information content (AvgIpc) is 3.35. The summed E-state index contributed by atoms with van der Waals surface area (Å²) < 4.78 is 33.6. The Hall–Kier alpha value is -2.39. The zero-order chi connectivity index (χ0) is 22.6. The van der Waals surface area contributed by atoms with Crippen molar-refractivity contribution in [2.45, 2.75) is 29.7 Å². The number of nitrogens with one attached hydrogen (secondary N) is 1. The Balaban J connectivity index is 1.28. The van der Waals surface area contributed by atoms with Gasteiger partial charge in [-0.2, -0.15) is 0 Å². The van der Waals surface area contributed by atoms with Crippen LogP contribution < -0.4 is 9.46 Å². The molecule has 32 heavy (non-hydrogen) atoms. The maximum absolute atomic E-state index is 12.8. The SMILES string of the molecule is O=C(c1ccc(COc2ccc(Cl)cc2)cc1)N1CCC(NS(=O)(=O)c2cccs2)CC1. The van der Waals surface area contributed by atoms with E-state index >= 15 is 0 Å². The second kappa shape index (κ2) is 10.0. The highest BCUT2D eigenvalue weighted by atomic mass is 35.5. The number of hydrogen-bond acceptors (Lipinski definition) is 5. The highest BCUT2D eigenvalue weighted by Gasteiger charge is 2.27. The summed E-state index contributed by atoms with van der Waals surface area (Å²) in [6.07, 6.45) is 1.17. The number of thiophene rings is 1. The van der Waals surface area contributed by atoms with E-state index in [1.807, 2.05) is 24.3 Å². The monoisotopic (exact) mass is 490 g/mol.